The van der Waals surface area contributed by atoms with E-state index in [0.29, 0.717) is 10.8 Å². The molecule has 16 heavy (non-hydrogen) atoms. The predicted octanol–water partition coefficient (Wildman–Crippen LogP) is 2.51. The highest BCUT2D eigenvalue weighted by Gasteiger charge is 2.18. The highest BCUT2D eigenvalue weighted by atomic mass is 35.5. The smallest absolute Gasteiger partial charge is 0.198 e. The van der Waals surface area contributed by atoms with Crippen LogP contribution in [0.1, 0.15) is 31.5 Å². The van der Waals surface area contributed by atoms with Crippen LogP contribution in [-0.4, -0.2) is 19.6 Å². The van der Waals surface area contributed by atoms with Gasteiger partial charge in [-0.1, -0.05) is 37.3 Å². The van der Waals surface area contributed by atoms with Crippen molar-refractivity contribution in [2.75, 3.05) is 0 Å². The van der Waals surface area contributed by atoms with Crippen molar-refractivity contribution < 1.29 is 0 Å². The minimum Gasteiger partial charge on any atom is -0.282 e. The Balaban J connectivity index is 1.94. The monoisotopic (exact) mass is 236 g/mol. The van der Waals surface area contributed by atoms with E-state index in [9.17, 15) is 0 Å². The number of fused-ring (bicyclic) bond motifs is 1. The van der Waals surface area contributed by atoms with Gasteiger partial charge in [-0.15, -0.1) is 10.2 Å². The zero-order chi connectivity index (χ0) is 11.0. The van der Waals surface area contributed by atoms with Gasteiger partial charge in [0.1, 0.15) is 5.82 Å². The first-order chi connectivity index (χ1) is 7.84. The fourth-order valence-electron chi connectivity index (χ4n) is 2.46. The Labute approximate surface area is 98.7 Å². The van der Waals surface area contributed by atoms with Crippen molar-refractivity contribution in [1.29, 1.82) is 0 Å². The quantitative estimate of drug-likeness (QED) is 0.805. The lowest BCUT2D eigenvalue weighted by molar-refractivity contribution is 0.527. The summed E-state index contributed by atoms with van der Waals surface area (Å²) in [4.78, 5) is 3.99. The van der Waals surface area contributed by atoms with Crippen LogP contribution in [0.2, 0.25) is 5.15 Å². The molecule has 0 aromatic carbocycles. The molecule has 1 aliphatic carbocycles. The molecule has 1 saturated carbocycles. The molecule has 0 saturated heterocycles. The van der Waals surface area contributed by atoms with Crippen LogP contribution in [0, 0.1) is 5.92 Å². The SMILES string of the molecule is Clc1nccn2c(CC3CCCC3)nnc12. The number of nitrogens with zero attached hydrogens (tertiary/aromatic N) is 4. The zero-order valence-corrected chi connectivity index (χ0v) is 9.69. The fraction of sp³-hybridized carbons (Fsp3) is 0.545. The van der Waals surface area contributed by atoms with Crippen molar-refractivity contribution in [3.63, 3.8) is 0 Å². The molecule has 0 amide bonds. The zero-order valence-electron chi connectivity index (χ0n) is 8.93. The second-order valence-corrected chi connectivity index (χ2v) is 4.74. The summed E-state index contributed by atoms with van der Waals surface area (Å²) in [6.07, 6.45) is 9.90. The van der Waals surface area contributed by atoms with Gasteiger partial charge in [-0.2, -0.15) is 0 Å². The summed E-state index contributed by atoms with van der Waals surface area (Å²) in [5.74, 6) is 1.77. The van der Waals surface area contributed by atoms with Crippen molar-refractivity contribution in [3.05, 3.63) is 23.4 Å². The molecule has 0 bridgehead atoms. The van der Waals surface area contributed by atoms with Crippen LogP contribution in [0.4, 0.5) is 0 Å². The molecule has 3 rings (SSSR count). The molecule has 0 aliphatic heterocycles. The Bertz CT molecular complexity index is 502. The third kappa shape index (κ3) is 1.67. The maximum Gasteiger partial charge on any atom is 0.198 e. The van der Waals surface area contributed by atoms with Crippen molar-refractivity contribution in [2.45, 2.75) is 32.1 Å². The first-order valence-corrected chi connectivity index (χ1v) is 6.06. The van der Waals surface area contributed by atoms with Crippen LogP contribution in [0.3, 0.4) is 0 Å². The molecule has 84 valence electrons. The van der Waals surface area contributed by atoms with E-state index in [1.54, 1.807) is 6.20 Å². The fourth-order valence-corrected chi connectivity index (χ4v) is 2.64. The van der Waals surface area contributed by atoms with Crippen molar-refractivity contribution >= 4 is 17.2 Å². The number of halogens is 1. The topological polar surface area (TPSA) is 43.1 Å². The molecule has 0 spiro atoms. The maximum atomic E-state index is 5.95. The molecule has 2 aromatic rings. The van der Waals surface area contributed by atoms with E-state index in [1.807, 2.05) is 10.6 Å². The number of aromatic nitrogens is 4. The molecule has 1 fully saturated rings. The van der Waals surface area contributed by atoms with Gasteiger partial charge in [0.15, 0.2) is 10.8 Å². The van der Waals surface area contributed by atoms with Gasteiger partial charge in [0.05, 0.1) is 0 Å². The standard InChI is InChI=1S/C11H13ClN4/c12-10-11-15-14-9(16(11)6-5-13-10)7-8-3-1-2-4-8/h5-6,8H,1-4,7H2. The minimum absolute atomic E-state index is 0.424. The van der Waals surface area contributed by atoms with Gasteiger partial charge in [-0.25, -0.2) is 4.98 Å². The summed E-state index contributed by atoms with van der Waals surface area (Å²) in [5, 5.41) is 8.71. The number of rotatable bonds is 2. The van der Waals surface area contributed by atoms with Crippen LogP contribution in [0.5, 0.6) is 0 Å². The molecule has 0 atom stereocenters. The van der Waals surface area contributed by atoms with Gasteiger partial charge in [-0.05, 0) is 5.92 Å². The van der Waals surface area contributed by atoms with E-state index >= 15 is 0 Å². The van der Waals surface area contributed by atoms with Gasteiger partial charge in [0, 0.05) is 18.8 Å². The van der Waals surface area contributed by atoms with E-state index in [0.717, 1.165) is 18.2 Å². The van der Waals surface area contributed by atoms with Crippen LogP contribution in [0.15, 0.2) is 12.4 Å². The summed E-state index contributed by atoms with van der Waals surface area (Å²) in [7, 11) is 0. The lowest BCUT2D eigenvalue weighted by atomic mass is 10.0. The molecule has 0 radical (unpaired) electrons. The average molecular weight is 237 g/mol. The van der Waals surface area contributed by atoms with Crippen molar-refractivity contribution in [1.82, 2.24) is 19.6 Å². The largest absolute Gasteiger partial charge is 0.282 e. The van der Waals surface area contributed by atoms with E-state index in [1.165, 1.54) is 25.7 Å². The van der Waals surface area contributed by atoms with Crippen molar-refractivity contribution in [3.8, 4) is 0 Å². The van der Waals surface area contributed by atoms with Gasteiger partial charge in [0.2, 0.25) is 0 Å². The summed E-state index contributed by atoms with van der Waals surface area (Å²) in [6.45, 7) is 0. The molecular formula is C11H13ClN4. The second-order valence-electron chi connectivity index (χ2n) is 4.38. The first kappa shape index (κ1) is 10.0. The van der Waals surface area contributed by atoms with Crippen molar-refractivity contribution in [2.24, 2.45) is 5.92 Å². The van der Waals surface area contributed by atoms with Crippen LogP contribution < -0.4 is 0 Å². The van der Waals surface area contributed by atoms with E-state index in [4.69, 9.17) is 11.6 Å². The van der Waals surface area contributed by atoms with E-state index < -0.39 is 0 Å². The highest BCUT2D eigenvalue weighted by Crippen LogP contribution is 2.27. The molecule has 0 N–H and O–H groups in total. The molecule has 5 heteroatoms. The Morgan fingerprint density at radius 2 is 2.12 bits per heavy atom. The maximum absolute atomic E-state index is 5.95. The molecule has 2 heterocycles. The molecule has 0 unspecified atom stereocenters. The van der Waals surface area contributed by atoms with E-state index in [-0.39, 0.29) is 0 Å². The second kappa shape index (κ2) is 4.01. The van der Waals surface area contributed by atoms with Crippen LogP contribution in [0.25, 0.3) is 5.65 Å². The summed E-state index contributed by atoms with van der Waals surface area (Å²) in [5.41, 5.74) is 0.664. The first-order valence-electron chi connectivity index (χ1n) is 5.69. The van der Waals surface area contributed by atoms with Gasteiger partial charge in [-0.3, -0.25) is 4.40 Å². The lowest BCUT2D eigenvalue weighted by Gasteiger charge is -2.06. The normalized spacial score (nSPS) is 17.3. The Morgan fingerprint density at radius 1 is 1.31 bits per heavy atom. The third-order valence-electron chi connectivity index (χ3n) is 3.30. The average Bonchev–Trinajstić information content (AvgIpc) is 2.90. The van der Waals surface area contributed by atoms with E-state index in [2.05, 4.69) is 15.2 Å². The molecule has 2 aromatic heterocycles. The summed E-state index contributed by atoms with van der Waals surface area (Å²) >= 11 is 5.95. The molecule has 4 nitrogen and oxygen atoms in total. The Hall–Kier alpha value is -1.16. The summed E-state index contributed by atoms with van der Waals surface area (Å²) in [6, 6.07) is 0. The van der Waals surface area contributed by atoms with Gasteiger partial charge < -0.3 is 0 Å². The predicted molar refractivity (Wildman–Crippen MR) is 61.5 cm³/mol. The van der Waals surface area contributed by atoms with Crippen LogP contribution >= 0.6 is 11.6 Å². The molecular weight excluding hydrogens is 224 g/mol. The lowest BCUT2D eigenvalue weighted by Crippen LogP contribution is -2.03. The number of hydrogen-bond acceptors (Lipinski definition) is 3. The highest BCUT2D eigenvalue weighted by molar-refractivity contribution is 6.32. The minimum atomic E-state index is 0.424. The van der Waals surface area contributed by atoms with Gasteiger partial charge >= 0.3 is 0 Å². The number of hydrogen-bond donors (Lipinski definition) is 0. The van der Waals surface area contributed by atoms with Crippen LogP contribution in [-0.2, 0) is 6.42 Å². The molecule has 1 aliphatic rings. The third-order valence-corrected chi connectivity index (χ3v) is 3.57. The Morgan fingerprint density at radius 3 is 2.94 bits per heavy atom. The summed E-state index contributed by atoms with van der Waals surface area (Å²) < 4.78 is 1.95. The van der Waals surface area contributed by atoms with Gasteiger partial charge in [0.25, 0.3) is 0 Å². The Kier molecular flexibility index (Phi) is 2.52.